The van der Waals surface area contributed by atoms with Crippen molar-refractivity contribution in [2.24, 2.45) is 42.3 Å². The Morgan fingerprint density at radius 1 is 0.305 bits per heavy atom. The standard InChI is InChI=1S/C23H27N2Si.2C21H21N2S.C19H18N3O.C18H15N2OS.C18H15N2OSe/c1-16-11-12-20-22(21(16)18-15-24-13-14-25(18)4)23(2,3)17-9-7-8-10-19(17)26(20,5)6;1-14-9-10-18-20(19(14)16-13-22-11-12-23(16)4)21(2,3)15-7-5-6-8-17(15)24-18;1-14-9-10-16-20(19(14)17-13-22-11-12-23(17)4)24-18-8-6-5-7-15(18)21(16,2)3;1-13-8-9-17-19(18(13)15-12-20-10-11-21(15)2)22(3)14-6-4-5-7-16(14)23-17;1-12-7-8-16-18(17(12)13-11-19-9-10-20(13)2)21-14-5-3-4-6-15(14)22-16;1-12-7-8-15-18(17(12)13-11-19-9-10-20(13)2)22-16-6-4-3-5-14(16)21-15/h7-15H,1-6H3;2*5-13H,1-4H3;4-12H,1-3H3;2*3-11H,1-2H3/q6*+1. The molecule has 0 spiro atoms. The van der Waals surface area contributed by atoms with Gasteiger partial charge in [0.1, 0.15) is 49.1 Å². The van der Waals surface area contributed by atoms with E-state index in [1.54, 1.807) is 34.5 Å². The third-order valence-corrected chi connectivity index (χ3v) is 37.6. The molecule has 6 aliphatic heterocycles. The molecule has 0 unspecified atom stereocenters. The number of hydrogen-bond donors (Lipinski definition) is 0. The Morgan fingerprint density at radius 2 is 0.695 bits per heavy atom. The van der Waals surface area contributed by atoms with E-state index in [-0.39, 0.29) is 31.2 Å². The summed E-state index contributed by atoms with van der Waals surface area (Å²) in [5.41, 5.74) is 32.5. The summed E-state index contributed by atoms with van der Waals surface area (Å²) in [6, 6.07) is 77.6. The molecule has 0 fully saturated rings. The third kappa shape index (κ3) is 18.0. The zero-order valence-corrected chi connectivity index (χ0v) is 89.0. The predicted molar refractivity (Wildman–Crippen MR) is 571 cm³/mol. The molecule has 0 radical (unpaired) electrons. The monoisotopic (exact) mass is 1990 g/mol. The molecule has 18 aromatic rings. The molecule has 0 saturated carbocycles. The number of ether oxygens (including phenoxy) is 3. The van der Waals surface area contributed by atoms with Crippen LogP contribution in [0.25, 0.3) is 67.5 Å². The van der Waals surface area contributed by atoms with E-state index in [2.05, 4.69) is 357 Å². The summed E-state index contributed by atoms with van der Waals surface area (Å²) in [5, 5.41) is 3.13. The van der Waals surface area contributed by atoms with E-state index >= 15 is 0 Å². The number of rotatable bonds is 6. The topological polar surface area (TPSA) is 132 Å². The molecule has 6 aliphatic rings. The molecule has 0 atom stereocenters. The van der Waals surface area contributed by atoms with Crippen molar-refractivity contribution in [3.63, 3.8) is 0 Å². The fraction of sp³-hybridized carbons (Fsp3) is 0.200. The van der Waals surface area contributed by atoms with Crippen molar-refractivity contribution >= 4 is 89.0 Å². The molecule has 0 amide bonds. The van der Waals surface area contributed by atoms with Crippen LogP contribution in [0.3, 0.4) is 0 Å². The van der Waals surface area contributed by atoms with Crippen molar-refractivity contribution in [2.75, 3.05) is 11.9 Å². The van der Waals surface area contributed by atoms with Gasteiger partial charge in [-0.05, 0) is 156 Å². The molecule has 16 nitrogen and oxygen atoms in total. The van der Waals surface area contributed by atoms with Gasteiger partial charge in [-0.3, -0.25) is 24.9 Å². The van der Waals surface area contributed by atoms with E-state index in [1.165, 1.54) is 129 Å². The molecule has 0 aliphatic carbocycles. The van der Waals surface area contributed by atoms with Gasteiger partial charge in [0.15, 0.2) is 48.2 Å². The Morgan fingerprint density at radius 3 is 1.28 bits per heavy atom. The maximum absolute atomic E-state index is 6.24. The first-order valence-electron chi connectivity index (χ1n) is 47.6. The van der Waals surface area contributed by atoms with E-state index in [0.717, 1.165) is 89.6 Å². The van der Waals surface area contributed by atoms with Crippen LogP contribution in [0.15, 0.2) is 359 Å². The van der Waals surface area contributed by atoms with E-state index in [9.17, 15) is 0 Å². The van der Waals surface area contributed by atoms with Crippen molar-refractivity contribution < 1.29 is 41.6 Å². The van der Waals surface area contributed by atoms with E-state index in [0.29, 0.717) is 0 Å². The van der Waals surface area contributed by atoms with Gasteiger partial charge in [0.05, 0.1) is 111 Å². The van der Waals surface area contributed by atoms with Crippen molar-refractivity contribution in [1.82, 2.24) is 29.9 Å². The Balaban J connectivity index is 0.000000108. The number of hydrogen-bond acceptors (Lipinski definition) is 13. The Bertz CT molecular complexity index is 7820. The second-order valence-electron chi connectivity index (χ2n) is 38.8. The van der Waals surface area contributed by atoms with Crippen LogP contribution >= 0.6 is 35.3 Å². The normalized spacial score (nSPS) is 14.0. The molecule has 6 aromatic heterocycles. The van der Waals surface area contributed by atoms with Crippen LogP contribution < -0.4 is 65.8 Å². The number of para-hydroxylation sites is 4. The van der Waals surface area contributed by atoms with Gasteiger partial charge in [-0.1, -0.05) is 223 Å². The van der Waals surface area contributed by atoms with Crippen LogP contribution in [0.1, 0.15) is 108 Å². The fourth-order valence-corrected chi connectivity index (χ4v) is 30.3. The van der Waals surface area contributed by atoms with Gasteiger partial charge >= 0.3 is 135 Å². The first-order valence-corrected chi connectivity index (χ1v) is 54.7. The average Bonchev–Trinajstić information content (AvgIpc) is 0.703. The van der Waals surface area contributed by atoms with Crippen LogP contribution in [-0.4, -0.2) is 60.0 Å². The SMILES string of the molecule is Cc1ccc2c(c1-c1cncc[n+]1C)C(C)(C)c1ccccc1S2.Cc1ccc2c(c1-c1cncc[n+]1C)C(C)(C)c1ccccc1[Si]2(C)C.Cc1ccc2c(c1-c1cncc[n+]1C)N(C)c1ccccc1O2.Cc1ccc2c(c1-c1cncc[n+]1C)Oc1ccccc1S2.Cc1ccc2c(c1-c1cncc[n+]1C)Sc1ccccc1C2(C)C.Cc1ccc2c(c1-c1cncc[n+]1C)[Se]c1ccccc1O2. The van der Waals surface area contributed by atoms with Crippen molar-refractivity contribution in [3.05, 3.63) is 397 Å². The van der Waals surface area contributed by atoms with Crippen LogP contribution in [0.2, 0.25) is 13.1 Å². The molecule has 12 heterocycles. The molecule has 0 N–H and O–H groups in total. The van der Waals surface area contributed by atoms with Gasteiger partial charge in [0.2, 0.25) is 28.5 Å². The Labute approximate surface area is 848 Å². The van der Waals surface area contributed by atoms with Gasteiger partial charge in [-0.2, -0.15) is 22.8 Å². The number of anilines is 2. The second-order valence-corrected chi connectivity index (χ2v) is 48.6. The number of aromatic nitrogens is 12. The summed E-state index contributed by atoms with van der Waals surface area (Å²) in [6.07, 6.45) is 34.6. The minimum absolute atomic E-state index is 0.000404. The quantitative estimate of drug-likeness (QED) is 0.116. The fourth-order valence-electron chi connectivity index (χ4n) is 20.5. The van der Waals surface area contributed by atoms with Crippen LogP contribution in [0.5, 0.6) is 34.5 Å². The van der Waals surface area contributed by atoms with Crippen LogP contribution in [0.4, 0.5) is 11.4 Å². The summed E-state index contributed by atoms with van der Waals surface area (Å²) in [4.78, 5) is 36.0. The van der Waals surface area contributed by atoms with Crippen molar-refractivity contribution in [3.8, 4) is 102 Å². The maximum atomic E-state index is 6.24. The molecule has 21 heteroatoms. The summed E-state index contributed by atoms with van der Waals surface area (Å²) < 4.78 is 33.9. The van der Waals surface area contributed by atoms with Gasteiger partial charge in [-0.15, -0.1) is 0 Å². The van der Waals surface area contributed by atoms with E-state index < -0.39 is 8.07 Å². The molecular weight excluding hydrogens is 1870 g/mol. The summed E-state index contributed by atoms with van der Waals surface area (Å²) in [5.74, 6) is 5.55. The summed E-state index contributed by atoms with van der Waals surface area (Å²) in [6.45, 7) is 32.1. The summed E-state index contributed by atoms with van der Waals surface area (Å²) >= 11 is 5.75. The Kier molecular flexibility index (Phi) is 26.8. The molecule has 12 aromatic carbocycles. The van der Waals surface area contributed by atoms with E-state index in [1.807, 2.05) is 191 Å². The van der Waals surface area contributed by atoms with Crippen LogP contribution in [0, 0.1) is 41.5 Å². The molecular formula is C120H117N13O3S3SeSi+6. The molecule has 0 bridgehead atoms. The number of fused-ring (bicyclic) bond motifs is 12. The Hall–Kier alpha value is -13.9. The number of aryl methyl sites for hydroxylation is 12. The van der Waals surface area contributed by atoms with Gasteiger partial charge in [0, 0.05) is 42.9 Å². The van der Waals surface area contributed by atoms with Gasteiger partial charge in [0.25, 0.3) is 0 Å². The van der Waals surface area contributed by atoms with E-state index in [4.69, 9.17) is 14.2 Å². The van der Waals surface area contributed by atoms with Crippen LogP contribution in [-0.2, 0) is 58.5 Å². The summed E-state index contributed by atoms with van der Waals surface area (Å²) in [7, 11) is 12.7. The minimum atomic E-state index is -1.75. The van der Waals surface area contributed by atoms with Gasteiger partial charge in [-0.25, -0.2) is 0 Å². The first-order chi connectivity index (χ1) is 67.9. The number of benzene rings is 12. The molecule has 24 rings (SSSR count). The third-order valence-electron chi connectivity index (χ3n) is 28.2. The second kappa shape index (κ2) is 39.3. The molecule has 702 valence electrons. The van der Waals surface area contributed by atoms with Crippen molar-refractivity contribution in [1.29, 1.82) is 0 Å². The molecule has 0 saturated heterocycles. The first kappa shape index (κ1) is 96.0. The van der Waals surface area contributed by atoms with Crippen molar-refractivity contribution in [2.45, 2.75) is 142 Å². The predicted octanol–water partition coefficient (Wildman–Crippen LogP) is 22.2. The van der Waals surface area contributed by atoms with Gasteiger partial charge < -0.3 is 14.4 Å². The average molecular weight is 1990 g/mol. The number of nitrogens with zero attached hydrogens (tertiary/aromatic N) is 13. The molecule has 141 heavy (non-hydrogen) atoms. The zero-order valence-electron chi connectivity index (χ0n) is 83.8. The zero-order chi connectivity index (χ0) is 98.7.